The lowest BCUT2D eigenvalue weighted by Crippen LogP contribution is -2.36. The van der Waals surface area contributed by atoms with Crippen molar-refractivity contribution in [1.82, 2.24) is 4.90 Å². The van der Waals surface area contributed by atoms with Gasteiger partial charge < -0.3 is 4.74 Å². The summed E-state index contributed by atoms with van der Waals surface area (Å²) in [5, 5.41) is 0. The van der Waals surface area contributed by atoms with Crippen LogP contribution in [-0.4, -0.2) is 43.5 Å². The number of terminal acetylenes is 1. The van der Waals surface area contributed by atoms with Crippen LogP contribution in [0, 0.1) is 12.3 Å². The van der Waals surface area contributed by atoms with E-state index in [-0.39, 0.29) is 5.78 Å². The standard InChI is InChI=1S/C17H21NO2/c1-2-15-6-8-16(9-7-15)17(19)5-3-4-10-18-11-13-20-14-12-18/h1,6-9H,3-5,10-14H2. The molecule has 0 aliphatic carbocycles. The fourth-order valence-electron chi connectivity index (χ4n) is 2.34. The Morgan fingerprint density at radius 3 is 2.55 bits per heavy atom. The van der Waals surface area contributed by atoms with Gasteiger partial charge in [-0.1, -0.05) is 18.1 Å². The van der Waals surface area contributed by atoms with E-state index in [2.05, 4.69) is 10.8 Å². The maximum Gasteiger partial charge on any atom is 0.162 e. The Labute approximate surface area is 120 Å². The summed E-state index contributed by atoms with van der Waals surface area (Å²) in [7, 11) is 0. The molecule has 20 heavy (non-hydrogen) atoms. The third-order valence-electron chi connectivity index (χ3n) is 3.61. The van der Waals surface area contributed by atoms with Crippen LogP contribution in [0.3, 0.4) is 0 Å². The van der Waals surface area contributed by atoms with E-state index in [9.17, 15) is 4.79 Å². The van der Waals surface area contributed by atoms with Gasteiger partial charge in [-0.3, -0.25) is 9.69 Å². The van der Waals surface area contributed by atoms with Gasteiger partial charge in [-0.2, -0.15) is 0 Å². The second kappa shape index (κ2) is 7.84. The number of benzene rings is 1. The molecule has 1 aliphatic heterocycles. The largest absolute Gasteiger partial charge is 0.379 e. The summed E-state index contributed by atoms with van der Waals surface area (Å²) in [5.74, 6) is 2.76. The van der Waals surface area contributed by atoms with Crippen molar-refractivity contribution >= 4 is 5.78 Å². The first-order chi connectivity index (χ1) is 9.79. The Kier molecular flexibility index (Phi) is 5.79. The number of hydrogen-bond acceptors (Lipinski definition) is 3. The first kappa shape index (κ1) is 14.8. The normalized spacial score (nSPS) is 15.8. The maximum absolute atomic E-state index is 12.0. The fourth-order valence-corrected chi connectivity index (χ4v) is 2.34. The van der Waals surface area contributed by atoms with Gasteiger partial charge in [0.2, 0.25) is 0 Å². The lowest BCUT2D eigenvalue weighted by Gasteiger charge is -2.26. The van der Waals surface area contributed by atoms with E-state index >= 15 is 0 Å². The van der Waals surface area contributed by atoms with E-state index in [1.54, 1.807) is 0 Å². The average molecular weight is 271 g/mol. The number of carbonyl (C=O) groups is 1. The third-order valence-corrected chi connectivity index (χ3v) is 3.61. The average Bonchev–Trinajstić information content (AvgIpc) is 2.52. The first-order valence-corrected chi connectivity index (χ1v) is 7.19. The maximum atomic E-state index is 12.0. The number of hydrogen-bond donors (Lipinski definition) is 0. The number of Topliss-reactive ketones (excluding diaryl/α,β-unsaturated/α-hetero) is 1. The zero-order chi connectivity index (χ0) is 14.2. The SMILES string of the molecule is C#Cc1ccc(C(=O)CCCCN2CCOCC2)cc1. The van der Waals surface area contributed by atoms with E-state index in [1.165, 1.54) is 0 Å². The summed E-state index contributed by atoms with van der Waals surface area (Å²) in [6.45, 7) is 4.76. The molecule has 1 aliphatic rings. The minimum atomic E-state index is 0.204. The van der Waals surface area contributed by atoms with Gasteiger partial charge >= 0.3 is 0 Å². The molecule has 2 rings (SSSR count). The molecule has 0 aromatic heterocycles. The van der Waals surface area contributed by atoms with Gasteiger partial charge in [0.15, 0.2) is 5.78 Å². The number of morpholine rings is 1. The van der Waals surface area contributed by atoms with Gasteiger partial charge in [0, 0.05) is 30.6 Å². The Balaban J connectivity index is 1.67. The summed E-state index contributed by atoms with van der Waals surface area (Å²) in [6, 6.07) is 7.28. The molecule has 1 aromatic rings. The summed E-state index contributed by atoms with van der Waals surface area (Å²) < 4.78 is 5.31. The topological polar surface area (TPSA) is 29.5 Å². The van der Waals surface area contributed by atoms with Crippen molar-refractivity contribution in [3.05, 3.63) is 35.4 Å². The predicted molar refractivity (Wildman–Crippen MR) is 79.8 cm³/mol. The summed E-state index contributed by atoms with van der Waals surface area (Å²) in [6.07, 6.45) is 7.91. The lowest BCUT2D eigenvalue weighted by atomic mass is 10.0. The highest BCUT2D eigenvalue weighted by atomic mass is 16.5. The van der Waals surface area contributed by atoms with Crippen LogP contribution in [-0.2, 0) is 4.74 Å². The number of carbonyl (C=O) groups excluding carboxylic acids is 1. The minimum Gasteiger partial charge on any atom is -0.379 e. The molecule has 0 bridgehead atoms. The zero-order valence-electron chi connectivity index (χ0n) is 11.8. The van der Waals surface area contributed by atoms with E-state index < -0.39 is 0 Å². The molecule has 0 radical (unpaired) electrons. The second-order valence-electron chi connectivity index (χ2n) is 5.06. The number of ketones is 1. The summed E-state index contributed by atoms with van der Waals surface area (Å²) >= 11 is 0. The van der Waals surface area contributed by atoms with Crippen molar-refractivity contribution < 1.29 is 9.53 Å². The van der Waals surface area contributed by atoms with Gasteiger partial charge in [-0.05, 0) is 31.5 Å². The van der Waals surface area contributed by atoms with Crippen LogP contribution >= 0.6 is 0 Å². The Hall–Kier alpha value is -1.63. The quantitative estimate of drug-likeness (QED) is 0.452. The van der Waals surface area contributed by atoms with E-state index in [4.69, 9.17) is 11.2 Å². The molecule has 106 valence electrons. The molecule has 0 N–H and O–H groups in total. The molecule has 0 amide bonds. The van der Waals surface area contributed by atoms with Gasteiger partial charge in [-0.25, -0.2) is 0 Å². The molecule has 3 nitrogen and oxygen atoms in total. The minimum absolute atomic E-state index is 0.204. The van der Waals surface area contributed by atoms with E-state index in [0.717, 1.165) is 56.8 Å². The molecule has 0 atom stereocenters. The lowest BCUT2D eigenvalue weighted by molar-refractivity contribution is 0.0371. The highest BCUT2D eigenvalue weighted by Crippen LogP contribution is 2.09. The fraction of sp³-hybridized carbons (Fsp3) is 0.471. The van der Waals surface area contributed by atoms with Crippen LogP contribution in [0.2, 0.25) is 0 Å². The smallest absolute Gasteiger partial charge is 0.162 e. The molecule has 0 unspecified atom stereocenters. The highest BCUT2D eigenvalue weighted by molar-refractivity contribution is 5.96. The van der Waals surface area contributed by atoms with Gasteiger partial charge in [-0.15, -0.1) is 6.42 Å². The van der Waals surface area contributed by atoms with Crippen molar-refractivity contribution in [1.29, 1.82) is 0 Å². The molecular formula is C17H21NO2. The van der Waals surface area contributed by atoms with Crippen molar-refractivity contribution in [2.75, 3.05) is 32.8 Å². The molecule has 3 heteroatoms. The zero-order valence-corrected chi connectivity index (χ0v) is 11.8. The Morgan fingerprint density at radius 2 is 1.90 bits per heavy atom. The van der Waals surface area contributed by atoms with Crippen LogP contribution in [0.5, 0.6) is 0 Å². The van der Waals surface area contributed by atoms with Crippen LogP contribution in [0.25, 0.3) is 0 Å². The number of nitrogens with zero attached hydrogens (tertiary/aromatic N) is 1. The monoisotopic (exact) mass is 271 g/mol. The molecule has 1 saturated heterocycles. The number of ether oxygens (including phenoxy) is 1. The first-order valence-electron chi connectivity index (χ1n) is 7.19. The summed E-state index contributed by atoms with van der Waals surface area (Å²) in [5.41, 5.74) is 1.57. The van der Waals surface area contributed by atoms with Crippen molar-refractivity contribution in [2.45, 2.75) is 19.3 Å². The Bertz CT molecular complexity index is 467. The van der Waals surface area contributed by atoms with Crippen LogP contribution in [0.15, 0.2) is 24.3 Å². The molecule has 0 saturated carbocycles. The Morgan fingerprint density at radius 1 is 1.20 bits per heavy atom. The van der Waals surface area contributed by atoms with Crippen molar-refractivity contribution in [3.63, 3.8) is 0 Å². The molecule has 1 heterocycles. The molecule has 0 spiro atoms. The van der Waals surface area contributed by atoms with E-state index in [1.807, 2.05) is 24.3 Å². The third kappa shape index (κ3) is 4.48. The highest BCUT2D eigenvalue weighted by Gasteiger charge is 2.10. The van der Waals surface area contributed by atoms with Crippen molar-refractivity contribution in [3.8, 4) is 12.3 Å². The predicted octanol–water partition coefficient (Wildman–Crippen LogP) is 2.35. The van der Waals surface area contributed by atoms with Crippen LogP contribution < -0.4 is 0 Å². The second-order valence-corrected chi connectivity index (χ2v) is 5.06. The van der Waals surface area contributed by atoms with Gasteiger partial charge in [0.25, 0.3) is 0 Å². The van der Waals surface area contributed by atoms with Crippen molar-refractivity contribution in [2.24, 2.45) is 0 Å². The molecule has 1 fully saturated rings. The molecular weight excluding hydrogens is 250 g/mol. The molecule has 1 aromatic carbocycles. The number of rotatable bonds is 6. The summed E-state index contributed by atoms with van der Waals surface area (Å²) in [4.78, 5) is 14.4. The van der Waals surface area contributed by atoms with Crippen LogP contribution in [0.1, 0.15) is 35.2 Å². The number of unbranched alkanes of at least 4 members (excludes halogenated alkanes) is 1. The van der Waals surface area contributed by atoms with E-state index in [0.29, 0.717) is 6.42 Å². The van der Waals surface area contributed by atoms with Gasteiger partial charge in [0.1, 0.15) is 0 Å². The van der Waals surface area contributed by atoms with Gasteiger partial charge in [0.05, 0.1) is 13.2 Å². The van der Waals surface area contributed by atoms with Crippen LogP contribution in [0.4, 0.5) is 0 Å².